The third-order valence-corrected chi connectivity index (χ3v) is 3.69. The number of hydrogen-bond donors (Lipinski definition) is 0. The van der Waals surface area contributed by atoms with Crippen molar-refractivity contribution in [1.82, 2.24) is 0 Å². The zero-order chi connectivity index (χ0) is 16.4. The summed E-state index contributed by atoms with van der Waals surface area (Å²) in [6.07, 6.45) is -5.07. The van der Waals surface area contributed by atoms with Gasteiger partial charge in [0.05, 0.1) is 13.2 Å². The second-order valence-electron chi connectivity index (χ2n) is 6.03. The molecule has 22 heavy (non-hydrogen) atoms. The van der Waals surface area contributed by atoms with E-state index in [0.29, 0.717) is 18.8 Å². The fourth-order valence-corrected chi connectivity index (χ4v) is 2.39. The van der Waals surface area contributed by atoms with Crippen LogP contribution in [0.2, 0.25) is 0 Å². The van der Waals surface area contributed by atoms with Crippen LogP contribution in [0.5, 0.6) is 0 Å². The van der Waals surface area contributed by atoms with Gasteiger partial charge in [0.25, 0.3) is 0 Å². The minimum Gasteiger partial charge on any atom is -0.348 e. The second-order valence-corrected chi connectivity index (χ2v) is 6.03. The van der Waals surface area contributed by atoms with Gasteiger partial charge in [0.1, 0.15) is 0 Å². The molecule has 3 nitrogen and oxygen atoms in total. The topological polar surface area (TPSA) is 35.5 Å². The number of carbonyl (C=O) groups is 1. The highest BCUT2D eigenvalue weighted by Gasteiger charge is 2.41. The Labute approximate surface area is 127 Å². The monoisotopic (exact) mass is 316 g/mol. The van der Waals surface area contributed by atoms with Gasteiger partial charge in [0.2, 0.25) is 5.78 Å². The van der Waals surface area contributed by atoms with Crippen LogP contribution in [0.3, 0.4) is 0 Å². The Morgan fingerprint density at radius 2 is 1.86 bits per heavy atom. The minimum absolute atomic E-state index is 0.497. The number of ketones is 1. The highest BCUT2D eigenvalue weighted by molar-refractivity contribution is 5.85. The first kappa shape index (κ1) is 17.0. The van der Waals surface area contributed by atoms with Gasteiger partial charge in [0.15, 0.2) is 6.29 Å². The first-order chi connectivity index (χ1) is 10.2. The van der Waals surface area contributed by atoms with Gasteiger partial charge in [0, 0.05) is 12.0 Å². The highest BCUT2D eigenvalue weighted by atomic mass is 19.4. The molecule has 1 aromatic rings. The van der Waals surface area contributed by atoms with Crippen molar-refractivity contribution in [2.24, 2.45) is 0 Å². The van der Waals surface area contributed by atoms with Crippen molar-refractivity contribution in [3.05, 3.63) is 35.4 Å². The standard InChI is InChI=1S/C16H19F3O3/c1-15(2,10-13(20)16(17,18)19)12-6-3-5-11(9-12)14-21-7-4-8-22-14/h3,5-6,9,14H,4,7-8,10H2,1-2H3. The molecule has 1 aromatic carbocycles. The van der Waals surface area contributed by atoms with Crippen LogP contribution in [0.4, 0.5) is 13.2 Å². The van der Waals surface area contributed by atoms with E-state index in [4.69, 9.17) is 9.47 Å². The summed E-state index contributed by atoms with van der Waals surface area (Å²) in [5, 5.41) is 0. The lowest BCUT2D eigenvalue weighted by Gasteiger charge is -2.28. The van der Waals surface area contributed by atoms with Gasteiger partial charge in [-0.05, 0) is 17.4 Å². The quantitative estimate of drug-likeness (QED) is 0.844. The van der Waals surface area contributed by atoms with Crippen molar-refractivity contribution in [3.63, 3.8) is 0 Å². The van der Waals surface area contributed by atoms with Crippen molar-refractivity contribution < 1.29 is 27.4 Å². The Morgan fingerprint density at radius 3 is 2.45 bits per heavy atom. The molecule has 0 aromatic heterocycles. The number of rotatable bonds is 4. The lowest BCUT2D eigenvalue weighted by Crippen LogP contribution is -2.31. The Bertz CT molecular complexity index is 532. The van der Waals surface area contributed by atoms with Crippen LogP contribution in [0.25, 0.3) is 0 Å². The molecular formula is C16H19F3O3. The molecule has 0 unspecified atom stereocenters. The minimum atomic E-state index is -4.80. The molecule has 0 bridgehead atoms. The molecule has 0 radical (unpaired) electrons. The average Bonchev–Trinajstić information content (AvgIpc) is 2.47. The number of Topliss-reactive ketones (excluding diaryl/α,β-unsaturated/α-hetero) is 1. The summed E-state index contributed by atoms with van der Waals surface area (Å²) < 4.78 is 48.4. The first-order valence-electron chi connectivity index (χ1n) is 7.14. The van der Waals surface area contributed by atoms with Crippen LogP contribution in [-0.4, -0.2) is 25.2 Å². The van der Waals surface area contributed by atoms with E-state index in [-0.39, 0.29) is 0 Å². The van der Waals surface area contributed by atoms with Crippen molar-refractivity contribution in [2.45, 2.75) is 44.6 Å². The molecule has 6 heteroatoms. The normalized spacial score (nSPS) is 17.5. The summed E-state index contributed by atoms with van der Waals surface area (Å²) in [5.74, 6) is -1.71. The SMILES string of the molecule is CC(C)(CC(=O)C(F)(F)F)c1cccc(C2OCCCO2)c1. The zero-order valence-electron chi connectivity index (χ0n) is 12.6. The Hall–Kier alpha value is -1.40. The molecular weight excluding hydrogens is 297 g/mol. The van der Waals surface area contributed by atoms with Crippen LogP contribution in [0, 0.1) is 0 Å². The largest absolute Gasteiger partial charge is 0.450 e. The number of benzene rings is 1. The molecule has 0 spiro atoms. The molecule has 1 fully saturated rings. The zero-order valence-corrected chi connectivity index (χ0v) is 12.6. The summed E-state index contributed by atoms with van der Waals surface area (Å²) >= 11 is 0. The van der Waals surface area contributed by atoms with Crippen LogP contribution in [-0.2, 0) is 19.7 Å². The van der Waals surface area contributed by atoms with Crippen LogP contribution >= 0.6 is 0 Å². The second kappa shape index (κ2) is 6.38. The molecule has 0 N–H and O–H groups in total. The van der Waals surface area contributed by atoms with E-state index in [1.54, 1.807) is 38.1 Å². The third kappa shape index (κ3) is 4.08. The third-order valence-electron chi connectivity index (χ3n) is 3.69. The molecule has 1 aliphatic rings. The van der Waals surface area contributed by atoms with Crippen LogP contribution in [0.1, 0.15) is 44.1 Å². The molecule has 0 aliphatic carbocycles. The Kier molecular flexibility index (Phi) is 4.92. The van der Waals surface area contributed by atoms with Crippen molar-refractivity contribution in [1.29, 1.82) is 0 Å². The Balaban J connectivity index is 2.18. The van der Waals surface area contributed by atoms with E-state index in [0.717, 1.165) is 12.0 Å². The molecule has 1 saturated heterocycles. The summed E-state index contributed by atoms with van der Waals surface area (Å²) in [4.78, 5) is 11.3. The van der Waals surface area contributed by atoms with Gasteiger partial charge in [-0.15, -0.1) is 0 Å². The first-order valence-corrected chi connectivity index (χ1v) is 7.14. The summed E-state index contributed by atoms with van der Waals surface area (Å²) in [7, 11) is 0. The van der Waals surface area contributed by atoms with Gasteiger partial charge in [-0.2, -0.15) is 13.2 Å². The van der Waals surface area contributed by atoms with Crippen molar-refractivity contribution in [3.8, 4) is 0 Å². The summed E-state index contributed by atoms with van der Waals surface area (Å²) in [6.45, 7) is 4.42. The van der Waals surface area contributed by atoms with E-state index >= 15 is 0 Å². The lowest BCUT2D eigenvalue weighted by atomic mass is 9.79. The van der Waals surface area contributed by atoms with Gasteiger partial charge < -0.3 is 9.47 Å². The van der Waals surface area contributed by atoms with E-state index in [1.807, 2.05) is 0 Å². The maximum Gasteiger partial charge on any atom is 0.450 e. The number of alkyl halides is 3. The molecule has 0 amide bonds. The fraction of sp³-hybridized carbons (Fsp3) is 0.562. The maximum atomic E-state index is 12.5. The highest BCUT2D eigenvalue weighted by Crippen LogP contribution is 2.33. The van der Waals surface area contributed by atoms with Crippen LogP contribution < -0.4 is 0 Å². The molecule has 0 saturated carbocycles. The fourth-order valence-electron chi connectivity index (χ4n) is 2.39. The van der Waals surface area contributed by atoms with E-state index in [2.05, 4.69) is 0 Å². The van der Waals surface area contributed by atoms with E-state index < -0.39 is 30.1 Å². The molecule has 1 aliphatic heterocycles. The number of ether oxygens (including phenoxy) is 2. The summed E-state index contributed by atoms with van der Waals surface area (Å²) in [6, 6.07) is 7.02. The van der Waals surface area contributed by atoms with Crippen LogP contribution in [0.15, 0.2) is 24.3 Å². The Morgan fingerprint density at radius 1 is 1.23 bits per heavy atom. The molecule has 122 valence electrons. The predicted molar refractivity (Wildman–Crippen MR) is 74.4 cm³/mol. The maximum absolute atomic E-state index is 12.5. The number of hydrogen-bond acceptors (Lipinski definition) is 3. The van der Waals surface area contributed by atoms with Gasteiger partial charge in [-0.3, -0.25) is 4.79 Å². The lowest BCUT2D eigenvalue weighted by molar-refractivity contribution is -0.183. The van der Waals surface area contributed by atoms with Crippen molar-refractivity contribution >= 4 is 5.78 Å². The molecule has 0 atom stereocenters. The predicted octanol–water partition coefficient (Wildman–Crippen LogP) is 3.92. The smallest absolute Gasteiger partial charge is 0.348 e. The number of halogens is 3. The number of carbonyl (C=O) groups excluding carboxylic acids is 1. The van der Waals surface area contributed by atoms with E-state index in [1.165, 1.54) is 0 Å². The van der Waals surface area contributed by atoms with Gasteiger partial charge >= 0.3 is 6.18 Å². The average molecular weight is 316 g/mol. The van der Waals surface area contributed by atoms with Gasteiger partial charge in [-0.25, -0.2) is 0 Å². The van der Waals surface area contributed by atoms with Crippen molar-refractivity contribution in [2.75, 3.05) is 13.2 Å². The summed E-state index contributed by atoms with van der Waals surface area (Å²) in [5.41, 5.74) is 0.488. The molecule has 1 heterocycles. The van der Waals surface area contributed by atoms with E-state index in [9.17, 15) is 18.0 Å². The van der Waals surface area contributed by atoms with Gasteiger partial charge in [-0.1, -0.05) is 38.1 Å². The molecule has 2 rings (SSSR count).